The van der Waals surface area contributed by atoms with Gasteiger partial charge in [0.25, 0.3) is 11.8 Å². The number of nitrogens with zero attached hydrogens (tertiary/aromatic N) is 2. The van der Waals surface area contributed by atoms with Crippen LogP contribution in [-0.2, 0) is 19.2 Å². The molecule has 4 amide bonds. The van der Waals surface area contributed by atoms with E-state index in [-0.39, 0.29) is 29.7 Å². The standard InChI is InChI=1S/C30H26Cl2N2O6/c1-33-27(38)29(31)15-20-18(10-11-19-24(20)26(37)34(25(19)36)17-6-4-3-5-7-17)21(30(29,32)28(33)39)12-8-16-9-13-22(35)23(14-16)40-2/h3-10,12-14,19-21,24,35H,11,15H2,1-2H3. The maximum atomic E-state index is 13.9. The lowest BCUT2D eigenvalue weighted by Crippen LogP contribution is -2.60. The highest BCUT2D eigenvalue weighted by molar-refractivity contribution is 6.53. The van der Waals surface area contributed by atoms with E-state index >= 15 is 0 Å². The first-order valence-electron chi connectivity index (χ1n) is 12.9. The molecule has 2 heterocycles. The van der Waals surface area contributed by atoms with Gasteiger partial charge in [-0.2, -0.15) is 0 Å². The van der Waals surface area contributed by atoms with Crippen LogP contribution in [0.4, 0.5) is 5.69 Å². The van der Waals surface area contributed by atoms with E-state index in [1.165, 1.54) is 25.1 Å². The Balaban J connectivity index is 1.46. The first-order chi connectivity index (χ1) is 19.0. The van der Waals surface area contributed by atoms with Crippen LogP contribution in [0.5, 0.6) is 11.5 Å². The second-order valence-electron chi connectivity index (χ2n) is 10.7. The molecule has 8 nitrogen and oxygen atoms in total. The van der Waals surface area contributed by atoms with Gasteiger partial charge in [0.05, 0.1) is 24.6 Å². The fourth-order valence-corrected chi connectivity index (χ4v) is 7.80. The molecule has 6 unspecified atom stereocenters. The monoisotopic (exact) mass is 580 g/mol. The van der Waals surface area contributed by atoms with Crippen molar-refractivity contribution in [3.05, 3.63) is 71.8 Å². The molecule has 40 heavy (non-hydrogen) atoms. The Bertz CT molecular complexity index is 1520. The van der Waals surface area contributed by atoms with Gasteiger partial charge in [0.15, 0.2) is 21.2 Å². The highest BCUT2D eigenvalue weighted by atomic mass is 35.5. The van der Waals surface area contributed by atoms with Crippen molar-refractivity contribution in [2.45, 2.75) is 22.6 Å². The van der Waals surface area contributed by atoms with Gasteiger partial charge in [-0.15, -0.1) is 23.2 Å². The molecule has 2 aromatic carbocycles. The minimum atomic E-state index is -1.84. The number of alkyl halides is 2. The summed E-state index contributed by atoms with van der Waals surface area (Å²) < 4.78 is 5.21. The van der Waals surface area contributed by atoms with Crippen molar-refractivity contribution in [2.24, 2.45) is 23.7 Å². The largest absolute Gasteiger partial charge is 0.504 e. The third-order valence-corrected chi connectivity index (χ3v) is 10.2. The molecule has 0 bridgehead atoms. The molecule has 206 valence electrons. The Kier molecular flexibility index (Phi) is 6.12. The molecular weight excluding hydrogens is 555 g/mol. The first-order valence-corrected chi connectivity index (χ1v) is 13.7. The average molecular weight is 581 g/mol. The number of aromatic hydroxyl groups is 1. The molecule has 4 aliphatic rings. The third-order valence-electron chi connectivity index (χ3n) is 8.77. The summed E-state index contributed by atoms with van der Waals surface area (Å²) in [4.78, 5) is 52.9. The number of amides is 4. The number of phenolic OH excluding ortho intramolecular Hbond substituents is 1. The van der Waals surface area contributed by atoms with Gasteiger partial charge in [-0.25, -0.2) is 0 Å². The molecule has 2 aliphatic heterocycles. The van der Waals surface area contributed by atoms with Crippen LogP contribution in [0, 0.1) is 23.7 Å². The Morgan fingerprint density at radius 2 is 1.73 bits per heavy atom. The molecule has 0 radical (unpaired) electrons. The van der Waals surface area contributed by atoms with Gasteiger partial charge in [-0.1, -0.05) is 48.1 Å². The lowest BCUT2D eigenvalue weighted by Gasteiger charge is -2.49. The fraction of sp³-hybridized carbons (Fsp3) is 0.333. The summed E-state index contributed by atoms with van der Waals surface area (Å²) in [7, 11) is 2.79. The molecule has 1 saturated carbocycles. The van der Waals surface area contributed by atoms with Gasteiger partial charge in [0.1, 0.15) is 0 Å². The maximum absolute atomic E-state index is 13.9. The van der Waals surface area contributed by atoms with Crippen molar-refractivity contribution in [1.29, 1.82) is 0 Å². The second-order valence-corrected chi connectivity index (χ2v) is 11.9. The molecule has 2 aliphatic carbocycles. The molecule has 0 aromatic heterocycles. The zero-order chi connectivity index (χ0) is 28.6. The van der Waals surface area contributed by atoms with Gasteiger partial charge in [0, 0.05) is 13.0 Å². The van der Waals surface area contributed by atoms with E-state index in [0.717, 1.165) is 4.90 Å². The van der Waals surface area contributed by atoms with E-state index in [0.29, 0.717) is 23.2 Å². The van der Waals surface area contributed by atoms with Crippen LogP contribution < -0.4 is 9.64 Å². The Morgan fingerprint density at radius 3 is 2.42 bits per heavy atom. The van der Waals surface area contributed by atoms with E-state index in [9.17, 15) is 24.3 Å². The Morgan fingerprint density at radius 1 is 1.00 bits per heavy atom. The highest BCUT2D eigenvalue weighted by Crippen LogP contribution is 2.63. The number of rotatable bonds is 4. The number of fused-ring (bicyclic) bond motifs is 4. The number of phenols is 1. The number of allylic oxidation sites excluding steroid dienone is 3. The summed E-state index contributed by atoms with van der Waals surface area (Å²) in [5.74, 6) is -4.45. The first kappa shape index (κ1) is 26.6. The number of hydrogen-bond acceptors (Lipinski definition) is 6. The predicted molar refractivity (Wildman–Crippen MR) is 149 cm³/mol. The van der Waals surface area contributed by atoms with Crippen molar-refractivity contribution in [3.63, 3.8) is 0 Å². The van der Waals surface area contributed by atoms with Gasteiger partial charge < -0.3 is 9.84 Å². The average Bonchev–Trinajstić information content (AvgIpc) is 3.28. The molecule has 1 N–H and O–H groups in total. The zero-order valence-electron chi connectivity index (χ0n) is 21.7. The maximum Gasteiger partial charge on any atom is 0.253 e. The molecule has 10 heteroatoms. The number of benzene rings is 2. The number of para-hydroxylation sites is 1. The van der Waals surface area contributed by atoms with Gasteiger partial charge in [-0.05, 0) is 48.6 Å². The number of imide groups is 2. The fourth-order valence-electron chi connectivity index (χ4n) is 6.83. The normalized spacial score (nSPS) is 33.2. The molecule has 2 saturated heterocycles. The number of carbonyl (C=O) groups is 4. The molecule has 3 fully saturated rings. The van der Waals surface area contributed by atoms with Crippen molar-refractivity contribution in [2.75, 3.05) is 19.1 Å². The van der Waals surface area contributed by atoms with Gasteiger partial charge >= 0.3 is 0 Å². The number of halogens is 2. The van der Waals surface area contributed by atoms with Gasteiger partial charge in [0.2, 0.25) is 11.8 Å². The van der Waals surface area contributed by atoms with Crippen LogP contribution in [-0.4, -0.2) is 57.5 Å². The smallest absolute Gasteiger partial charge is 0.253 e. The van der Waals surface area contributed by atoms with E-state index in [1.54, 1.807) is 54.6 Å². The van der Waals surface area contributed by atoms with Crippen LogP contribution in [0.1, 0.15) is 18.4 Å². The summed E-state index contributed by atoms with van der Waals surface area (Å²) >= 11 is 14.2. The van der Waals surface area contributed by atoms with E-state index < -0.39 is 45.2 Å². The number of hydrogen-bond donors (Lipinski definition) is 1. The minimum Gasteiger partial charge on any atom is -0.504 e. The predicted octanol–water partition coefficient (Wildman–Crippen LogP) is 4.14. The summed E-state index contributed by atoms with van der Waals surface area (Å²) in [5, 5.41) is 9.99. The summed E-state index contributed by atoms with van der Waals surface area (Å²) in [6.07, 6.45) is 5.56. The van der Waals surface area contributed by atoms with E-state index in [2.05, 4.69) is 0 Å². The Hall–Kier alpha value is -3.62. The number of anilines is 1. The molecule has 6 atom stereocenters. The van der Waals surface area contributed by atoms with E-state index in [1.807, 2.05) is 6.08 Å². The number of methoxy groups -OCH3 is 1. The summed E-state index contributed by atoms with van der Waals surface area (Å²) in [6.45, 7) is 0. The van der Waals surface area contributed by atoms with Crippen molar-refractivity contribution in [3.8, 4) is 11.5 Å². The topological polar surface area (TPSA) is 104 Å². The van der Waals surface area contributed by atoms with Crippen LogP contribution >= 0.6 is 23.2 Å². The summed E-state index contributed by atoms with van der Waals surface area (Å²) in [6, 6.07) is 13.5. The van der Waals surface area contributed by atoms with Crippen LogP contribution in [0.3, 0.4) is 0 Å². The Labute approximate surface area is 240 Å². The van der Waals surface area contributed by atoms with Crippen LogP contribution in [0.15, 0.2) is 66.3 Å². The van der Waals surface area contributed by atoms with Crippen LogP contribution in [0.25, 0.3) is 6.08 Å². The van der Waals surface area contributed by atoms with Crippen LogP contribution in [0.2, 0.25) is 0 Å². The zero-order valence-corrected chi connectivity index (χ0v) is 23.2. The van der Waals surface area contributed by atoms with E-state index in [4.69, 9.17) is 27.9 Å². The van der Waals surface area contributed by atoms with Crippen molar-refractivity contribution >= 4 is 58.6 Å². The lowest BCUT2D eigenvalue weighted by molar-refractivity contribution is -0.138. The van der Waals surface area contributed by atoms with Gasteiger partial charge in [-0.3, -0.25) is 29.0 Å². The number of carbonyl (C=O) groups excluding carboxylic acids is 4. The minimum absolute atomic E-state index is 0.0300. The SMILES string of the molecule is COc1cc(C=CC2C3=CCC4C(=O)N(c5ccccc5)C(=O)C4C3CC3(Cl)C(=O)N(C)C(=O)C23Cl)ccc1O. The molecule has 2 aromatic rings. The molecule has 6 rings (SSSR count). The van der Waals surface area contributed by atoms with Crippen molar-refractivity contribution < 1.29 is 29.0 Å². The number of ether oxygens (including phenoxy) is 1. The molecule has 0 spiro atoms. The third kappa shape index (κ3) is 3.45. The second kappa shape index (κ2) is 9.21. The van der Waals surface area contributed by atoms with Crippen molar-refractivity contribution in [1.82, 2.24) is 4.90 Å². The molecular formula is C30H26Cl2N2O6. The summed E-state index contributed by atoms with van der Waals surface area (Å²) in [5.41, 5.74) is 1.85. The lowest BCUT2D eigenvalue weighted by atomic mass is 9.57. The highest BCUT2D eigenvalue weighted by Gasteiger charge is 2.75. The quantitative estimate of drug-likeness (QED) is 0.331. The number of likely N-dealkylation sites (tertiary alicyclic amines) is 1.